The first-order chi connectivity index (χ1) is 10.1. The van der Waals surface area contributed by atoms with Gasteiger partial charge in [0.1, 0.15) is 0 Å². The zero-order valence-corrected chi connectivity index (χ0v) is 13.5. The van der Waals surface area contributed by atoms with Crippen molar-refractivity contribution in [1.82, 2.24) is 0 Å². The van der Waals surface area contributed by atoms with Crippen LogP contribution in [-0.2, 0) is 6.42 Å². The summed E-state index contributed by atoms with van der Waals surface area (Å²) in [5, 5.41) is 10.5. The molecule has 2 saturated carbocycles. The third-order valence-corrected chi connectivity index (χ3v) is 7.30. The van der Waals surface area contributed by atoms with E-state index in [9.17, 15) is 5.11 Å². The smallest absolute Gasteiger partial charge is 0.0596 e. The van der Waals surface area contributed by atoms with Crippen molar-refractivity contribution in [3.8, 4) is 0 Å². The lowest BCUT2D eigenvalue weighted by Crippen LogP contribution is -2.48. The van der Waals surface area contributed by atoms with E-state index in [1.54, 1.807) is 5.56 Å². The molecule has 4 rings (SSSR count). The average molecular weight is 305 g/mol. The van der Waals surface area contributed by atoms with Gasteiger partial charge in [0, 0.05) is 5.88 Å². The molecule has 0 spiro atoms. The molecule has 2 heteroatoms. The van der Waals surface area contributed by atoms with Crippen LogP contribution in [-0.4, -0.2) is 17.1 Å². The molecule has 3 aliphatic rings. The molecular formula is C19H25ClO. The van der Waals surface area contributed by atoms with Gasteiger partial charge in [0.2, 0.25) is 0 Å². The Morgan fingerprint density at radius 3 is 2.86 bits per heavy atom. The normalized spacial score (nSPS) is 44.8. The summed E-state index contributed by atoms with van der Waals surface area (Å²) in [5.74, 6) is 3.28. The molecule has 0 aliphatic heterocycles. The fourth-order valence-corrected chi connectivity index (χ4v) is 6.25. The summed E-state index contributed by atoms with van der Waals surface area (Å²) < 4.78 is 0. The van der Waals surface area contributed by atoms with Crippen molar-refractivity contribution in [2.24, 2.45) is 23.2 Å². The first kappa shape index (κ1) is 14.1. The lowest BCUT2D eigenvalue weighted by atomic mass is 9.52. The average Bonchev–Trinajstić information content (AvgIpc) is 2.81. The number of hydrogen-bond donors (Lipinski definition) is 1. The van der Waals surface area contributed by atoms with Gasteiger partial charge in [-0.1, -0.05) is 31.2 Å². The molecule has 114 valence electrons. The van der Waals surface area contributed by atoms with Crippen molar-refractivity contribution in [3.63, 3.8) is 0 Å². The molecule has 0 saturated heterocycles. The highest BCUT2D eigenvalue weighted by atomic mass is 35.5. The molecule has 1 nitrogen and oxygen atoms in total. The first-order valence-corrected chi connectivity index (χ1v) is 9.00. The Labute approximate surface area is 132 Å². The molecule has 1 aromatic rings. The maximum Gasteiger partial charge on any atom is 0.0596 e. The van der Waals surface area contributed by atoms with E-state index in [1.807, 2.05) is 0 Å². The Hall–Kier alpha value is -0.530. The number of halogens is 1. The van der Waals surface area contributed by atoms with Crippen LogP contribution in [0.15, 0.2) is 24.3 Å². The highest BCUT2D eigenvalue weighted by molar-refractivity contribution is 6.18. The fourth-order valence-electron chi connectivity index (χ4n) is 5.95. The van der Waals surface area contributed by atoms with Gasteiger partial charge in [0.25, 0.3) is 0 Å². The van der Waals surface area contributed by atoms with E-state index in [-0.39, 0.29) is 11.5 Å². The Morgan fingerprint density at radius 1 is 1.24 bits per heavy atom. The SMILES string of the molecule is C[C@]12C[C@H](CCl)[C@@H]3c4ccccc4CC[C@H]3[C@@H]1CC[C@@H]2O. The van der Waals surface area contributed by atoms with Crippen molar-refractivity contribution in [2.45, 2.75) is 51.0 Å². The molecule has 0 unspecified atom stereocenters. The van der Waals surface area contributed by atoms with Gasteiger partial charge in [-0.3, -0.25) is 0 Å². The van der Waals surface area contributed by atoms with Crippen LogP contribution in [0.25, 0.3) is 0 Å². The number of benzene rings is 1. The van der Waals surface area contributed by atoms with Gasteiger partial charge in [-0.05, 0) is 72.3 Å². The monoisotopic (exact) mass is 304 g/mol. The summed E-state index contributed by atoms with van der Waals surface area (Å²) >= 11 is 6.39. The second-order valence-corrected chi connectivity index (χ2v) is 8.06. The molecule has 6 atom stereocenters. The van der Waals surface area contributed by atoms with Crippen molar-refractivity contribution in [2.75, 3.05) is 5.88 Å². The molecule has 0 aromatic heterocycles. The molecule has 0 amide bonds. The molecule has 21 heavy (non-hydrogen) atoms. The van der Waals surface area contributed by atoms with Crippen molar-refractivity contribution < 1.29 is 5.11 Å². The number of aryl methyl sites for hydroxylation is 1. The maximum atomic E-state index is 10.5. The third-order valence-electron chi connectivity index (χ3n) is 6.91. The Balaban J connectivity index is 1.78. The van der Waals surface area contributed by atoms with Crippen LogP contribution in [0.5, 0.6) is 0 Å². The van der Waals surface area contributed by atoms with E-state index in [4.69, 9.17) is 11.6 Å². The minimum absolute atomic E-state index is 0.104. The highest BCUT2D eigenvalue weighted by Crippen LogP contribution is 2.62. The second-order valence-electron chi connectivity index (χ2n) is 7.75. The van der Waals surface area contributed by atoms with Gasteiger partial charge >= 0.3 is 0 Å². The van der Waals surface area contributed by atoms with E-state index in [0.29, 0.717) is 17.8 Å². The van der Waals surface area contributed by atoms with Gasteiger partial charge < -0.3 is 5.11 Å². The van der Waals surface area contributed by atoms with Gasteiger partial charge in [0.15, 0.2) is 0 Å². The van der Waals surface area contributed by atoms with Crippen molar-refractivity contribution in [1.29, 1.82) is 0 Å². The largest absolute Gasteiger partial charge is 0.393 e. The van der Waals surface area contributed by atoms with Crippen LogP contribution in [0, 0.1) is 23.2 Å². The Morgan fingerprint density at radius 2 is 2.05 bits per heavy atom. The van der Waals surface area contributed by atoms with E-state index < -0.39 is 0 Å². The van der Waals surface area contributed by atoms with Crippen LogP contribution < -0.4 is 0 Å². The first-order valence-electron chi connectivity index (χ1n) is 8.47. The molecule has 3 aliphatic carbocycles. The second kappa shape index (κ2) is 4.99. The number of fused-ring (bicyclic) bond motifs is 5. The predicted molar refractivity (Wildman–Crippen MR) is 86.7 cm³/mol. The third kappa shape index (κ3) is 1.93. The molecule has 1 N–H and O–H groups in total. The minimum atomic E-state index is -0.119. The molecule has 0 bridgehead atoms. The summed E-state index contributed by atoms with van der Waals surface area (Å²) in [6, 6.07) is 8.98. The maximum absolute atomic E-state index is 10.5. The fraction of sp³-hybridized carbons (Fsp3) is 0.684. The van der Waals surface area contributed by atoms with E-state index in [0.717, 1.165) is 24.6 Å². The predicted octanol–water partition coefficient (Wildman–Crippen LogP) is 4.37. The van der Waals surface area contributed by atoms with Gasteiger partial charge in [-0.15, -0.1) is 11.6 Å². The van der Waals surface area contributed by atoms with Crippen LogP contribution in [0.1, 0.15) is 49.7 Å². The number of alkyl halides is 1. The number of hydrogen-bond acceptors (Lipinski definition) is 1. The van der Waals surface area contributed by atoms with Crippen molar-refractivity contribution in [3.05, 3.63) is 35.4 Å². The molecule has 2 fully saturated rings. The van der Waals surface area contributed by atoms with Crippen LogP contribution in [0.4, 0.5) is 0 Å². The summed E-state index contributed by atoms with van der Waals surface area (Å²) in [6.45, 7) is 2.33. The van der Waals surface area contributed by atoms with Crippen LogP contribution in [0.3, 0.4) is 0 Å². The van der Waals surface area contributed by atoms with E-state index in [1.165, 1.54) is 24.8 Å². The standard InChI is InChI=1S/C19H25ClO/c1-19-10-13(11-20)18-14-5-3-2-4-12(14)6-7-15(18)16(19)8-9-17(19)21/h2-5,13,15-18,21H,6-11H2,1H3/t13-,15+,16+,17+,18-,19+/m1/s1. The van der Waals surface area contributed by atoms with Crippen LogP contribution in [0.2, 0.25) is 0 Å². The topological polar surface area (TPSA) is 20.2 Å². The summed E-state index contributed by atoms with van der Waals surface area (Å²) in [7, 11) is 0. The molecule has 0 radical (unpaired) electrons. The summed E-state index contributed by atoms with van der Waals surface area (Å²) in [4.78, 5) is 0. The van der Waals surface area contributed by atoms with E-state index >= 15 is 0 Å². The zero-order chi connectivity index (χ0) is 14.6. The van der Waals surface area contributed by atoms with Gasteiger partial charge in [0.05, 0.1) is 6.10 Å². The van der Waals surface area contributed by atoms with E-state index in [2.05, 4.69) is 31.2 Å². The zero-order valence-electron chi connectivity index (χ0n) is 12.8. The minimum Gasteiger partial charge on any atom is -0.393 e. The molecule has 0 heterocycles. The van der Waals surface area contributed by atoms with Gasteiger partial charge in [-0.25, -0.2) is 0 Å². The number of aliphatic hydroxyl groups is 1. The lowest BCUT2D eigenvalue weighted by Gasteiger charge is -2.53. The Kier molecular flexibility index (Phi) is 3.35. The number of aliphatic hydroxyl groups excluding tert-OH is 1. The highest BCUT2D eigenvalue weighted by Gasteiger charge is 2.57. The van der Waals surface area contributed by atoms with Crippen molar-refractivity contribution >= 4 is 11.6 Å². The lowest BCUT2D eigenvalue weighted by molar-refractivity contribution is -0.0434. The quantitative estimate of drug-likeness (QED) is 0.764. The van der Waals surface area contributed by atoms with Gasteiger partial charge in [-0.2, -0.15) is 0 Å². The summed E-state index contributed by atoms with van der Waals surface area (Å²) in [6.07, 6.45) is 5.65. The Bertz CT molecular complexity index is 542. The van der Waals surface area contributed by atoms with Crippen LogP contribution >= 0.6 is 11.6 Å². The number of rotatable bonds is 1. The molecular weight excluding hydrogens is 280 g/mol. The summed E-state index contributed by atoms with van der Waals surface area (Å²) in [5.41, 5.74) is 3.20. The molecule has 1 aromatic carbocycles.